The van der Waals surface area contributed by atoms with Gasteiger partial charge in [0.15, 0.2) is 0 Å². The van der Waals surface area contributed by atoms with Crippen LogP contribution in [0, 0.1) is 0 Å². The lowest BCUT2D eigenvalue weighted by Crippen LogP contribution is -2.32. The second-order valence-corrected chi connectivity index (χ2v) is 4.63. The zero-order chi connectivity index (χ0) is 13.8. The number of imide groups is 1. The first kappa shape index (κ1) is 13.3. The van der Waals surface area contributed by atoms with E-state index in [0.29, 0.717) is 10.9 Å². The highest BCUT2D eigenvalue weighted by Gasteiger charge is 2.27. The molecule has 11 heteroatoms. The molecule has 1 saturated heterocycles. The maximum atomic E-state index is 11.3. The number of amides is 3. The van der Waals surface area contributed by atoms with Crippen molar-refractivity contribution in [2.45, 2.75) is 11.7 Å². The van der Waals surface area contributed by atoms with Crippen molar-refractivity contribution < 1.29 is 19.5 Å². The van der Waals surface area contributed by atoms with Gasteiger partial charge < -0.3 is 10.4 Å². The number of aliphatic carboxylic acids is 1. The van der Waals surface area contributed by atoms with Gasteiger partial charge in [0.1, 0.15) is 6.54 Å². The molecule has 0 radical (unpaired) electrons. The van der Waals surface area contributed by atoms with Crippen LogP contribution in [-0.4, -0.2) is 67.0 Å². The van der Waals surface area contributed by atoms with Gasteiger partial charge in [0.2, 0.25) is 11.1 Å². The summed E-state index contributed by atoms with van der Waals surface area (Å²) in [6.45, 7) is -0.103. The summed E-state index contributed by atoms with van der Waals surface area (Å²) in [7, 11) is 0. The van der Waals surface area contributed by atoms with Gasteiger partial charge in [0.25, 0.3) is 0 Å². The molecule has 0 unspecified atom stereocenters. The van der Waals surface area contributed by atoms with Gasteiger partial charge in [-0.05, 0) is 10.4 Å². The maximum absolute atomic E-state index is 11.3. The highest BCUT2D eigenvalue weighted by molar-refractivity contribution is 7.99. The Balaban J connectivity index is 1.86. The molecular weight excluding hydrogens is 276 g/mol. The third kappa shape index (κ3) is 3.19. The molecule has 19 heavy (non-hydrogen) atoms. The number of carbonyl (C=O) groups is 3. The molecular formula is C8H10N6O4S. The van der Waals surface area contributed by atoms with Crippen LogP contribution in [0.25, 0.3) is 0 Å². The van der Waals surface area contributed by atoms with Crippen molar-refractivity contribution in [1.82, 2.24) is 30.4 Å². The molecule has 102 valence electrons. The molecule has 0 bridgehead atoms. The Labute approximate surface area is 111 Å². The minimum atomic E-state index is -1.05. The first-order valence-corrected chi connectivity index (χ1v) is 6.25. The van der Waals surface area contributed by atoms with E-state index in [1.54, 1.807) is 0 Å². The fourth-order valence-electron chi connectivity index (χ4n) is 1.44. The summed E-state index contributed by atoms with van der Waals surface area (Å²) in [5.41, 5.74) is 0. The number of rotatable bonds is 6. The molecule has 0 atom stereocenters. The predicted molar refractivity (Wildman–Crippen MR) is 61.3 cm³/mol. The third-order valence-electron chi connectivity index (χ3n) is 2.27. The number of carboxylic acids is 1. The molecule has 0 aromatic carbocycles. The Kier molecular flexibility index (Phi) is 3.94. The molecule has 0 aliphatic carbocycles. The second-order valence-electron chi connectivity index (χ2n) is 3.57. The van der Waals surface area contributed by atoms with E-state index in [0.717, 1.165) is 9.58 Å². The van der Waals surface area contributed by atoms with Crippen LogP contribution >= 0.6 is 11.8 Å². The van der Waals surface area contributed by atoms with E-state index in [1.807, 2.05) is 0 Å². The Morgan fingerprint density at radius 1 is 1.47 bits per heavy atom. The van der Waals surface area contributed by atoms with E-state index in [4.69, 9.17) is 5.11 Å². The van der Waals surface area contributed by atoms with E-state index in [9.17, 15) is 14.4 Å². The lowest BCUT2D eigenvalue weighted by Gasteiger charge is -2.10. The van der Waals surface area contributed by atoms with E-state index in [1.165, 1.54) is 11.8 Å². The number of hydrogen-bond acceptors (Lipinski definition) is 7. The number of tetrazole rings is 1. The Hall–Kier alpha value is -2.17. The number of nitrogens with one attached hydrogen (secondary N) is 1. The fraction of sp³-hybridized carbons (Fsp3) is 0.500. The molecule has 1 aromatic heterocycles. The van der Waals surface area contributed by atoms with Crippen molar-refractivity contribution in [2.24, 2.45) is 0 Å². The lowest BCUT2D eigenvalue weighted by atomic mass is 10.5. The molecule has 10 nitrogen and oxygen atoms in total. The molecule has 1 aliphatic heterocycles. The van der Waals surface area contributed by atoms with E-state index < -0.39 is 12.0 Å². The Bertz CT molecular complexity index is 501. The van der Waals surface area contributed by atoms with E-state index in [-0.39, 0.29) is 25.5 Å². The van der Waals surface area contributed by atoms with Gasteiger partial charge in [-0.2, -0.15) is 0 Å². The maximum Gasteiger partial charge on any atom is 0.325 e. The summed E-state index contributed by atoms with van der Waals surface area (Å²) in [6, 6.07) is -0.421. The first-order valence-electron chi connectivity index (χ1n) is 5.27. The largest absolute Gasteiger partial charge is 0.480 e. The molecule has 2 rings (SSSR count). The van der Waals surface area contributed by atoms with Crippen LogP contribution in [0.5, 0.6) is 0 Å². The normalized spacial score (nSPS) is 14.8. The topological polar surface area (TPSA) is 130 Å². The number of urea groups is 1. The summed E-state index contributed by atoms with van der Waals surface area (Å²) in [5, 5.41) is 22.0. The number of thioether (sulfide) groups is 1. The highest BCUT2D eigenvalue weighted by Crippen LogP contribution is 2.14. The van der Waals surface area contributed by atoms with Gasteiger partial charge in [0, 0.05) is 12.3 Å². The zero-order valence-electron chi connectivity index (χ0n) is 9.64. The highest BCUT2D eigenvalue weighted by atomic mass is 32.2. The number of hydrogen-bond donors (Lipinski definition) is 2. The molecule has 1 aliphatic rings. The number of carbonyl (C=O) groups excluding carboxylic acids is 2. The Morgan fingerprint density at radius 2 is 2.26 bits per heavy atom. The van der Waals surface area contributed by atoms with Crippen LogP contribution in [0.1, 0.15) is 0 Å². The standard InChI is InChI=1S/C8H10N6O4S/c15-5-3-9-7(18)13(5)1-2-19-8-10-11-12-14(8)4-6(16)17/h1-4H2,(H,9,18)(H,16,17). The van der Waals surface area contributed by atoms with Gasteiger partial charge >= 0.3 is 12.0 Å². The van der Waals surface area contributed by atoms with Crippen LogP contribution in [0.3, 0.4) is 0 Å². The predicted octanol–water partition coefficient (Wildman–Crippen LogP) is -1.60. The molecule has 1 fully saturated rings. The molecule has 1 aromatic rings. The van der Waals surface area contributed by atoms with Crippen molar-refractivity contribution in [2.75, 3.05) is 18.8 Å². The molecule has 2 heterocycles. The molecule has 3 amide bonds. The van der Waals surface area contributed by atoms with Crippen molar-refractivity contribution in [3.8, 4) is 0 Å². The van der Waals surface area contributed by atoms with Crippen LogP contribution in [0.15, 0.2) is 5.16 Å². The number of aromatic nitrogens is 4. The first-order chi connectivity index (χ1) is 9.08. The van der Waals surface area contributed by atoms with Crippen molar-refractivity contribution in [3.05, 3.63) is 0 Å². The SMILES string of the molecule is O=C(O)Cn1nnnc1SCCN1C(=O)CNC1=O. The van der Waals surface area contributed by atoms with Crippen molar-refractivity contribution in [3.63, 3.8) is 0 Å². The summed E-state index contributed by atoms with van der Waals surface area (Å²) in [6.07, 6.45) is 0. The number of carboxylic acid groups (broad SMARTS) is 1. The third-order valence-corrected chi connectivity index (χ3v) is 3.20. The monoisotopic (exact) mass is 286 g/mol. The van der Waals surface area contributed by atoms with Gasteiger partial charge in [-0.15, -0.1) is 5.10 Å². The van der Waals surface area contributed by atoms with Crippen LogP contribution in [-0.2, 0) is 16.1 Å². The minimum absolute atomic E-state index is 0.0141. The Morgan fingerprint density at radius 3 is 2.89 bits per heavy atom. The summed E-state index contributed by atoms with van der Waals surface area (Å²) in [4.78, 5) is 34.2. The quantitative estimate of drug-likeness (QED) is 0.472. The molecule has 0 spiro atoms. The van der Waals surface area contributed by atoms with Crippen LogP contribution < -0.4 is 5.32 Å². The molecule has 0 saturated carbocycles. The van der Waals surface area contributed by atoms with Gasteiger partial charge in [-0.25, -0.2) is 9.48 Å². The summed E-state index contributed by atoms with van der Waals surface area (Å²) in [5.74, 6) is -0.946. The van der Waals surface area contributed by atoms with Crippen molar-refractivity contribution >= 4 is 29.7 Å². The molecule has 2 N–H and O–H groups in total. The summed E-state index contributed by atoms with van der Waals surface area (Å²) < 4.78 is 1.14. The fourth-order valence-corrected chi connectivity index (χ4v) is 2.24. The second kappa shape index (κ2) is 5.65. The summed E-state index contributed by atoms with van der Waals surface area (Å²) >= 11 is 1.18. The minimum Gasteiger partial charge on any atom is -0.480 e. The van der Waals surface area contributed by atoms with Gasteiger partial charge in [0.05, 0.1) is 6.54 Å². The van der Waals surface area contributed by atoms with Crippen LogP contribution in [0.2, 0.25) is 0 Å². The zero-order valence-corrected chi connectivity index (χ0v) is 10.5. The van der Waals surface area contributed by atoms with Crippen LogP contribution in [0.4, 0.5) is 4.79 Å². The van der Waals surface area contributed by atoms with Crippen molar-refractivity contribution in [1.29, 1.82) is 0 Å². The van der Waals surface area contributed by atoms with E-state index in [2.05, 4.69) is 20.8 Å². The average molecular weight is 286 g/mol. The smallest absolute Gasteiger partial charge is 0.325 e. The number of nitrogens with zero attached hydrogens (tertiary/aromatic N) is 5. The average Bonchev–Trinajstić information content (AvgIpc) is 2.89. The van der Waals surface area contributed by atoms with Gasteiger partial charge in [-0.1, -0.05) is 11.8 Å². The van der Waals surface area contributed by atoms with Gasteiger partial charge in [-0.3, -0.25) is 14.5 Å². The van der Waals surface area contributed by atoms with E-state index >= 15 is 0 Å². The lowest BCUT2D eigenvalue weighted by molar-refractivity contribution is -0.138.